The van der Waals surface area contributed by atoms with Gasteiger partial charge in [0.15, 0.2) is 5.82 Å². The van der Waals surface area contributed by atoms with E-state index in [4.69, 9.17) is 16.3 Å². The van der Waals surface area contributed by atoms with E-state index in [9.17, 15) is 4.79 Å². The molecular weight excluding hydrogens is 380 g/mol. The number of aromatic nitrogens is 4. The van der Waals surface area contributed by atoms with Gasteiger partial charge in [-0.05, 0) is 36.4 Å². The van der Waals surface area contributed by atoms with Crippen LogP contribution in [0.2, 0.25) is 5.02 Å². The number of nitrogens with zero attached hydrogens (tertiary/aromatic N) is 5. The van der Waals surface area contributed by atoms with Crippen LogP contribution in [0.25, 0.3) is 11.4 Å². The van der Waals surface area contributed by atoms with Crippen molar-refractivity contribution in [3.05, 3.63) is 59.4 Å². The number of amides is 1. The zero-order chi connectivity index (χ0) is 19.3. The number of morpholine rings is 1. The van der Waals surface area contributed by atoms with E-state index in [1.807, 2.05) is 17.0 Å². The second kappa shape index (κ2) is 8.28. The van der Waals surface area contributed by atoms with Crippen molar-refractivity contribution in [2.45, 2.75) is 0 Å². The van der Waals surface area contributed by atoms with Gasteiger partial charge in [0.25, 0.3) is 5.91 Å². The number of hydrogen-bond donors (Lipinski definition) is 1. The Hall–Kier alpha value is -3.10. The number of pyridine rings is 1. The van der Waals surface area contributed by atoms with Crippen LogP contribution in [0.15, 0.2) is 48.8 Å². The lowest BCUT2D eigenvalue weighted by atomic mass is 10.2. The lowest BCUT2D eigenvalue weighted by molar-refractivity contribution is 0.102. The fourth-order valence-electron chi connectivity index (χ4n) is 2.72. The number of halogens is 1. The Morgan fingerprint density at radius 2 is 1.86 bits per heavy atom. The summed E-state index contributed by atoms with van der Waals surface area (Å²) < 4.78 is 5.40. The molecule has 1 saturated heterocycles. The summed E-state index contributed by atoms with van der Waals surface area (Å²) in [5, 5.41) is 3.36. The molecule has 0 bridgehead atoms. The minimum absolute atomic E-state index is 0.176. The average molecular weight is 397 g/mol. The van der Waals surface area contributed by atoms with Crippen LogP contribution in [-0.4, -0.2) is 52.1 Å². The molecule has 9 heteroatoms. The number of hydrogen-bond acceptors (Lipinski definition) is 7. The third-order valence-corrected chi connectivity index (χ3v) is 4.42. The quantitative estimate of drug-likeness (QED) is 0.724. The number of ether oxygens (including phenoxy) is 1. The monoisotopic (exact) mass is 396 g/mol. The van der Waals surface area contributed by atoms with E-state index in [0.29, 0.717) is 48.7 Å². The van der Waals surface area contributed by atoms with Crippen molar-refractivity contribution in [1.82, 2.24) is 19.9 Å². The Labute approximate surface area is 166 Å². The van der Waals surface area contributed by atoms with Gasteiger partial charge in [0.05, 0.1) is 18.8 Å². The van der Waals surface area contributed by atoms with Crippen LogP contribution < -0.4 is 10.2 Å². The zero-order valence-corrected chi connectivity index (χ0v) is 15.6. The zero-order valence-electron chi connectivity index (χ0n) is 14.9. The highest BCUT2D eigenvalue weighted by Crippen LogP contribution is 2.22. The number of carbonyl (C=O) groups excluding carboxylic acids is 1. The summed E-state index contributed by atoms with van der Waals surface area (Å²) in [6, 6.07) is 10.6. The van der Waals surface area contributed by atoms with Crippen molar-refractivity contribution < 1.29 is 9.53 Å². The van der Waals surface area contributed by atoms with Gasteiger partial charge >= 0.3 is 0 Å². The van der Waals surface area contributed by atoms with Gasteiger partial charge in [-0.3, -0.25) is 15.1 Å². The average Bonchev–Trinajstić information content (AvgIpc) is 2.75. The summed E-state index contributed by atoms with van der Waals surface area (Å²) in [7, 11) is 0. The summed E-state index contributed by atoms with van der Waals surface area (Å²) in [6.45, 7) is 2.53. The van der Waals surface area contributed by atoms with E-state index in [0.717, 1.165) is 5.56 Å². The normalized spacial score (nSPS) is 14.0. The Balaban J connectivity index is 1.68. The molecule has 3 aromatic rings. The molecule has 0 radical (unpaired) electrons. The molecule has 28 heavy (non-hydrogen) atoms. The maximum Gasteiger partial charge on any atom is 0.259 e. The number of anilines is 2. The van der Waals surface area contributed by atoms with Crippen LogP contribution in [0.4, 0.5) is 11.9 Å². The minimum Gasteiger partial charge on any atom is -0.378 e. The van der Waals surface area contributed by atoms with Crippen LogP contribution in [-0.2, 0) is 4.74 Å². The van der Waals surface area contributed by atoms with Crippen LogP contribution in [0.3, 0.4) is 0 Å². The molecule has 1 amide bonds. The fraction of sp³-hybridized carbons (Fsp3) is 0.211. The molecule has 142 valence electrons. The first-order chi connectivity index (χ1) is 13.7. The second-order valence-corrected chi connectivity index (χ2v) is 6.52. The van der Waals surface area contributed by atoms with E-state index >= 15 is 0 Å². The molecule has 4 rings (SSSR count). The third kappa shape index (κ3) is 4.24. The Morgan fingerprint density at radius 1 is 1.07 bits per heavy atom. The molecule has 3 heterocycles. The van der Waals surface area contributed by atoms with Crippen molar-refractivity contribution in [2.75, 3.05) is 36.5 Å². The van der Waals surface area contributed by atoms with Crippen LogP contribution in [0.1, 0.15) is 10.4 Å². The maximum atomic E-state index is 12.5. The molecule has 2 aromatic heterocycles. The van der Waals surface area contributed by atoms with Crippen molar-refractivity contribution in [1.29, 1.82) is 0 Å². The molecule has 1 N–H and O–H groups in total. The molecule has 1 fully saturated rings. The van der Waals surface area contributed by atoms with Gasteiger partial charge in [0.1, 0.15) is 0 Å². The summed E-state index contributed by atoms with van der Waals surface area (Å²) >= 11 is 5.98. The lowest BCUT2D eigenvalue weighted by Crippen LogP contribution is -2.37. The first-order valence-corrected chi connectivity index (χ1v) is 9.13. The van der Waals surface area contributed by atoms with Gasteiger partial charge in [0, 0.05) is 36.1 Å². The summed E-state index contributed by atoms with van der Waals surface area (Å²) in [6.07, 6.45) is 3.09. The maximum absolute atomic E-state index is 12.5. The van der Waals surface area contributed by atoms with E-state index in [1.54, 1.807) is 30.5 Å². The minimum atomic E-state index is -0.339. The van der Waals surface area contributed by atoms with Gasteiger partial charge in [-0.1, -0.05) is 11.6 Å². The number of rotatable bonds is 4. The lowest BCUT2D eigenvalue weighted by Gasteiger charge is -2.27. The van der Waals surface area contributed by atoms with Crippen LogP contribution in [0, 0.1) is 0 Å². The molecule has 0 spiro atoms. The Kier molecular flexibility index (Phi) is 5.41. The van der Waals surface area contributed by atoms with Crippen molar-refractivity contribution in [2.24, 2.45) is 0 Å². The molecular formula is C19H17ClN6O2. The second-order valence-electron chi connectivity index (χ2n) is 6.08. The fourth-order valence-corrected chi connectivity index (χ4v) is 2.85. The highest BCUT2D eigenvalue weighted by molar-refractivity contribution is 6.30. The molecule has 1 aliphatic heterocycles. The molecule has 0 unspecified atom stereocenters. The van der Waals surface area contributed by atoms with Gasteiger partial charge < -0.3 is 9.64 Å². The topological polar surface area (TPSA) is 93.1 Å². The van der Waals surface area contributed by atoms with Crippen molar-refractivity contribution >= 4 is 29.4 Å². The number of benzene rings is 1. The largest absolute Gasteiger partial charge is 0.378 e. The third-order valence-electron chi connectivity index (χ3n) is 4.17. The Bertz CT molecular complexity index is 962. The standard InChI is InChI=1S/C19H17ClN6O2/c20-15-5-3-13(4-6-15)16-22-18(24-17(27)14-2-1-7-21-12-14)25-19(23-16)26-8-10-28-11-9-26/h1-7,12H,8-11H2,(H,22,23,24,25,27). The van der Waals surface area contributed by atoms with Crippen molar-refractivity contribution in [3.8, 4) is 11.4 Å². The SMILES string of the molecule is O=C(Nc1nc(-c2ccc(Cl)cc2)nc(N2CCOCC2)n1)c1cccnc1. The molecule has 0 aliphatic carbocycles. The molecule has 8 nitrogen and oxygen atoms in total. The summed E-state index contributed by atoms with van der Waals surface area (Å²) in [5.41, 5.74) is 1.20. The van der Waals surface area contributed by atoms with Crippen LogP contribution in [0.5, 0.6) is 0 Å². The number of carbonyl (C=O) groups is 1. The van der Waals surface area contributed by atoms with E-state index in [2.05, 4.69) is 25.3 Å². The Morgan fingerprint density at radius 3 is 2.57 bits per heavy atom. The van der Waals surface area contributed by atoms with Crippen molar-refractivity contribution in [3.63, 3.8) is 0 Å². The van der Waals surface area contributed by atoms with Gasteiger partial charge in [-0.2, -0.15) is 15.0 Å². The first-order valence-electron chi connectivity index (χ1n) is 8.75. The molecule has 1 aliphatic rings. The summed E-state index contributed by atoms with van der Waals surface area (Å²) in [4.78, 5) is 31.9. The molecule has 0 atom stereocenters. The predicted molar refractivity (Wildman–Crippen MR) is 105 cm³/mol. The van der Waals surface area contributed by atoms with Gasteiger partial charge in [0.2, 0.25) is 11.9 Å². The first kappa shape index (κ1) is 18.3. The number of nitrogens with one attached hydrogen (secondary N) is 1. The highest BCUT2D eigenvalue weighted by atomic mass is 35.5. The van der Waals surface area contributed by atoms with Crippen LogP contribution >= 0.6 is 11.6 Å². The smallest absolute Gasteiger partial charge is 0.259 e. The van der Waals surface area contributed by atoms with Gasteiger partial charge in [-0.15, -0.1) is 0 Å². The van der Waals surface area contributed by atoms with E-state index < -0.39 is 0 Å². The van der Waals surface area contributed by atoms with E-state index in [1.165, 1.54) is 6.20 Å². The van der Waals surface area contributed by atoms with Gasteiger partial charge in [-0.25, -0.2) is 0 Å². The highest BCUT2D eigenvalue weighted by Gasteiger charge is 2.18. The summed E-state index contributed by atoms with van der Waals surface area (Å²) in [5.74, 6) is 0.781. The van der Waals surface area contributed by atoms with E-state index in [-0.39, 0.29) is 11.9 Å². The predicted octanol–water partition coefficient (Wildman–Crippen LogP) is 2.68. The molecule has 1 aromatic carbocycles. The molecule has 0 saturated carbocycles.